The number of benzene rings is 1. The molecule has 0 spiro atoms. The van der Waals surface area contributed by atoms with Gasteiger partial charge in [-0.2, -0.15) is 8.78 Å². The number of pyridine rings is 1. The largest absolute Gasteiger partial charge is 0.377 e. The van der Waals surface area contributed by atoms with Crippen LogP contribution in [0.4, 0.5) is 17.6 Å². The number of halogens is 4. The van der Waals surface area contributed by atoms with Crippen LogP contribution in [0.25, 0.3) is 0 Å². The summed E-state index contributed by atoms with van der Waals surface area (Å²) in [6, 6.07) is 3.72. The zero-order valence-electron chi connectivity index (χ0n) is 13.4. The maximum absolute atomic E-state index is 15.3. The van der Waals surface area contributed by atoms with Crippen LogP contribution in [-0.4, -0.2) is 36.6 Å². The molecule has 0 aliphatic carbocycles. The van der Waals surface area contributed by atoms with Gasteiger partial charge in [-0.05, 0) is 34.7 Å². The first kappa shape index (κ1) is 18.6. The number of tetrazole rings is 1. The summed E-state index contributed by atoms with van der Waals surface area (Å²) in [5.74, 6) is -6.54. The molecule has 1 atom stereocenters. The first-order valence-electron chi connectivity index (χ1n) is 7.46. The van der Waals surface area contributed by atoms with E-state index in [0.717, 1.165) is 35.4 Å². The topological polar surface area (TPSA) is 93.8 Å². The Morgan fingerprint density at radius 2 is 1.96 bits per heavy atom. The van der Waals surface area contributed by atoms with Crippen LogP contribution < -0.4 is 0 Å². The molecule has 1 unspecified atom stereocenters. The van der Waals surface area contributed by atoms with Crippen LogP contribution >= 0.6 is 0 Å². The molecule has 0 amide bonds. The minimum absolute atomic E-state index is 0.0338. The molecular weight excluding hydrogens is 370 g/mol. The Kier molecular flexibility index (Phi) is 4.70. The lowest BCUT2D eigenvalue weighted by atomic mass is 9.84. The minimum atomic E-state index is -4.15. The van der Waals surface area contributed by atoms with Gasteiger partial charge >= 0.3 is 5.92 Å². The van der Waals surface area contributed by atoms with Gasteiger partial charge in [0.15, 0.2) is 11.9 Å². The van der Waals surface area contributed by atoms with E-state index in [2.05, 4.69) is 20.5 Å². The highest BCUT2D eigenvalue weighted by Gasteiger charge is 2.57. The van der Waals surface area contributed by atoms with Gasteiger partial charge in [-0.3, -0.25) is 9.78 Å². The van der Waals surface area contributed by atoms with Crippen LogP contribution in [0.3, 0.4) is 0 Å². The van der Waals surface area contributed by atoms with Gasteiger partial charge in [0.2, 0.25) is 0 Å². The molecular formula is C16H11F4N5O2. The molecule has 1 aromatic carbocycles. The highest BCUT2D eigenvalue weighted by Crippen LogP contribution is 2.46. The Hall–Kier alpha value is -3.21. The van der Waals surface area contributed by atoms with Gasteiger partial charge < -0.3 is 5.11 Å². The average molecular weight is 381 g/mol. The molecule has 0 bridgehead atoms. The third-order valence-electron chi connectivity index (χ3n) is 3.92. The van der Waals surface area contributed by atoms with Crippen molar-refractivity contribution in [3.63, 3.8) is 0 Å². The highest BCUT2D eigenvalue weighted by atomic mass is 19.3. The number of carbonyl (C=O) groups is 1. The molecule has 3 rings (SSSR count). The number of aromatic nitrogens is 5. The number of nitrogens with zero attached hydrogens (tertiary/aromatic N) is 5. The number of aldehydes is 1. The van der Waals surface area contributed by atoms with Gasteiger partial charge in [-0.25, -0.2) is 13.5 Å². The van der Waals surface area contributed by atoms with E-state index in [-0.39, 0.29) is 5.56 Å². The van der Waals surface area contributed by atoms with Crippen LogP contribution in [0.15, 0.2) is 42.9 Å². The molecule has 0 radical (unpaired) electrons. The van der Waals surface area contributed by atoms with Crippen molar-refractivity contribution >= 4 is 6.29 Å². The third-order valence-corrected chi connectivity index (χ3v) is 3.92. The Morgan fingerprint density at radius 1 is 1.19 bits per heavy atom. The maximum Gasteiger partial charge on any atom is 0.323 e. The van der Waals surface area contributed by atoms with E-state index >= 15 is 8.78 Å². The first-order chi connectivity index (χ1) is 12.8. The lowest BCUT2D eigenvalue weighted by molar-refractivity contribution is -0.207. The quantitative estimate of drug-likeness (QED) is 0.517. The molecule has 1 N–H and O–H groups in total. The lowest BCUT2D eigenvalue weighted by Crippen LogP contribution is -2.48. The predicted molar refractivity (Wildman–Crippen MR) is 81.6 cm³/mol. The summed E-state index contributed by atoms with van der Waals surface area (Å²) >= 11 is 0. The third kappa shape index (κ3) is 3.28. The Bertz CT molecular complexity index is 950. The highest BCUT2D eigenvalue weighted by molar-refractivity contribution is 5.73. The van der Waals surface area contributed by atoms with Crippen molar-refractivity contribution in [1.29, 1.82) is 0 Å². The summed E-state index contributed by atoms with van der Waals surface area (Å²) in [5.41, 5.74) is -4.97. The number of alkyl halides is 2. The number of rotatable bonds is 6. The van der Waals surface area contributed by atoms with E-state index < -0.39 is 41.0 Å². The smallest absolute Gasteiger partial charge is 0.323 e. The SMILES string of the molecule is O=Cc1ccc(C(F)(F)C(O)(Cn2cnnn2)c2ccc(F)cc2F)nc1. The fourth-order valence-electron chi connectivity index (χ4n) is 2.54. The summed E-state index contributed by atoms with van der Waals surface area (Å²) in [4.78, 5) is 14.2. The molecule has 0 aliphatic heterocycles. The van der Waals surface area contributed by atoms with Crippen LogP contribution in [0.1, 0.15) is 21.6 Å². The second-order valence-corrected chi connectivity index (χ2v) is 5.66. The normalized spacial score (nSPS) is 14.0. The van der Waals surface area contributed by atoms with Crippen LogP contribution in [0.5, 0.6) is 0 Å². The van der Waals surface area contributed by atoms with Crippen LogP contribution in [0.2, 0.25) is 0 Å². The zero-order chi connectivity index (χ0) is 19.7. The van der Waals surface area contributed by atoms with E-state index in [9.17, 15) is 18.7 Å². The molecule has 3 aromatic rings. The van der Waals surface area contributed by atoms with Crippen LogP contribution in [-0.2, 0) is 18.1 Å². The first-order valence-corrected chi connectivity index (χ1v) is 7.46. The second kappa shape index (κ2) is 6.83. The predicted octanol–water partition coefficient (Wildman–Crippen LogP) is 1.84. The van der Waals surface area contributed by atoms with Gasteiger partial charge in [-0.1, -0.05) is 0 Å². The van der Waals surface area contributed by atoms with Crippen molar-refractivity contribution in [2.45, 2.75) is 18.1 Å². The van der Waals surface area contributed by atoms with E-state index in [1.807, 2.05) is 0 Å². The van der Waals surface area contributed by atoms with E-state index in [1.54, 1.807) is 0 Å². The summed E-state index contributed by atoms with van der Waals surface area (Å²) in [6.45, 7) is -0.952. The molecule has 0 saturated heterocycles. The Balaban J connectivity index is 2.16. The average Bonchev–Trinajstić information content (AvgIpc) is 3.14. The molecule has 11 heteroatoms. The molecule has 2 heterocycles. The number of hydrogen-bond acceptors (Lipinski definition) is 6. The molecule has 2 aromatic heterocycles. The summed E-state index contributed by atoms with van der Waals surface area (Å²) in [5, 5.41) is 20.9. The lowest BCUT2D eigenvalue weighted by Gasteiger charge is -2.35. The molecule has 0 saturated carbocycles. The minimum Gasteiger partial charge on any atom is -0.377 e. The summed E-state index contributed by atoms with van der Waals surface area (Å²) in [7, 11) is 0. The standard InChI is InChI=1S/C16H11F4N5O2/c17-11-2-3-12(13(18)5-11)15(27,8-25-9-22-23-24-25)16(19,20)14-4-1-10(7-26)6-21-14/h1-7,9,27H,8H2. The Labute approximate surface area is 149 Å². The van der Waals surface area contributed by atoms with Crippen LogP contribution in [0, 0.1) is 11.6 Å². The molecule has 27 heavy (non-hydrogen) atoms. The summed E-state index contributed by atoms with van der Waals surface area (Å²) < 4.78 is 58.8. The number of aliphatic hydroxyl groups is 1. The van der Waals surface area contributed by atoms with E-state index in [4.69, 9.17) is 0 Å². The van der Waals surface area contributed by atoms with Crippen molar-refractivity contribution in [1.82, 2.24) is 25.2 Å². The monoisotopic (exact) mass is 381 g/mol. The van der Waals surface area contributed by atoms with Crippen molar-refractivity contribution in [3.8, 4) is 0 Å². The van der Waals surface area contributed by atoms with E-state index in [0.29, 0.717) is 18.4 Å². The molecule has 0 aliphatic rings. The van der Waals surface area contributed by atoms with Gasteiger partial charge in [0, 0.05) is 23.4 Å². The van der Waals surface area contributed by atoms with Gasteiger partial charge in [0.05, 0.1) is 6.54 Å². The van der Waals surface area contributed by atoms with Crippen molar-refractivity contribution < 1.29 is 27.5 Å². The fourth-order valence-corrected chi connectivity index (χ4v) is 2.54. The summed E-state index contributed by atoms with van der Waals surface area (Å²) in [6.07, 6.45) is 2.24. The molecule has 7 nitrogen and oxygen atoms in total. The zero-order valence-corrected chi connectivity index (χ0v) is 13.4. The Morgan fingerprint density at radius 3 is 2.52 bits per heavy atom. The van der Waals surface area contributed by atoms with Gasteiger partial charge in [-0.15, -0.1) is 5.10 Å². The second-order valence-electron chi connectivity index (χ2n) is 5.66. The number of hydrogen-bond donors (Lipinski definition) is 1. The van der Waals surface area contributed by atoms with Crippen molar-refractivity contribution in [3.05, 3.63) is 71.3 Å². The fraction of sp³-hybridized carbons (Fsp3) is 0.188. The van der Waals surface area contributed by atoms with Gasteiger partial charge in [0.25, 0.3) is 0 Å². The molecule has 140 valence electrons. The maximum atomic E-state index is 15.3. The van der Waals surface area contributed by atoms with Gasteiger partial charge in [0.1, 0.15) is 23.7 Å². The van der Waals surface area contributed by atoms with Crippen molar-refractivity contribution in [2.75, 3.05) is 0 Å². The van der Waals surface area contributed by atoms with Crippen molar-refractivity contribution in [2.24, 2.45) is 0 Å². The molecule has 0 fully saturated rings. The van der Waals surface area contributed by atoms with E-state index in [1.165, 1.54) is 0 Å². The number of carbonyl (C=O) groups excluding carboxylic acids is 1.